The minimum absolute atomic E-state index is 0.0430. The van der Waals surface area contributed by atoms with E-state index in [1.54, 1.807) is 7.05 Å². The highest BCUT2D eigenvalue weighted by molar-refractivity contribution is 7.89. The highest BCUT2D eigenvalue weighted by atomic mass is 32.2. The molecule has 1 aromatic heterocycles. The summed E-state index contributed by atoms with van der Waals surface area (Å²) in [5.41, 5.74) is 1.22. The summed E-state index contributed by atoms with van der Waals surface area (Å²) in [7, 11) is -0.120. The first-order valence-corrected chi connectivity index (χ1v) is 12.7. The summed E-state index contributed by atoms with van der Waals surface area (Å²) >= 11 is 1.38. The van der Waals surface area contributed by atoms with Crippen LogP contribution in [0.5, 0.6) is 11.5 Å². The zero-order chi connectivity index (χ0) is 22.5. The maximum absolute atomic E-state index is 12.9. The van der Waals surface area contributed by atoms with Crippen molar-refractivity contribution in [3.05, 3.63) is 46.8 Å². The summed E-state index contributed by atoms with van der Waals surface area (Å²) in [5.74, 6) is 0.917. The molecule has 3 aromatic rings. The number of fused-ring (bicyclic) bond motifs is 2. The number of thiazole rings is 1. The molecule has 1 amide bonds. The normalized spacial score (nSPS) is 17.0. The van der Waals surface area contributed by atoms with Gasteiger partial charge < -0.3 is 14.0 Å². The van der Waals surface area contributed by atoms with Crippen molar-refractivity contribution in [3.63, 3.8) is 0 Å². The molecule has 2 aromatic carbocycles. The summed E-state index contributed by atoms with van der Waals surface area (Å²) in [6.07, 6.45) is 3.88. The number of aryl methyl sites for hydroxylation is 1. The van der Waals surface area contributed by atoms with Crippen LogP contribution < -0.4 is 14.3 Å². The molecule has 2 aliphatic rings. The number of carbonyl (C=O) groups excluding carboxylic acids is 1. The quantitative estimate of drug-likeness (QED) is 0.580. The van der Waals surface area contributed by atoms with E-state index in [0.29, 0.717) is 21.9 Å². The molecule has 1 aliphatic carbocycles. The lowest BCUT2D eigenvalue weighted by Crippen LogP contribution is -2.35. The van der Waals surface area contributed by atoms with Gasteiger partial charge in [0.1, 0.15) is 0 Å². The van der Waals surface area contributed by atoms with Gasteiger partial charge in [0.15, 0.2) is 16.3 Å². The molecule has 5 rings (SSSR count). The largest absolute Gasteiger partial charge is 0.454 e. The van der Waals surface area contributed by atoms with Crippen LogP contribution in [0.25, 0.3) is 10.2 Å². The van der Waals surface area contributed by atoms with E-state index in [9.17, 15) is 13.2 Å². The molecule has 0 spiro atoms. The van der Waals surface area contributed by atoms with Crippen LogP contribution in [0.1, 0.15) is 36.0 Å². The molecule has 1 aliphatic heterocycles. The van der Waals surface area contributed by atoms with Crippen LogP contribution in [0.4, 0.5) is 0 Å². The Balaban J connectivity index is 1.42. The molecule has 0 bridgehead atoms. The molecule has 168 valence electrons. The SMILES string of the molecule is CN(C1CCCC1)S(=O)(=O)c1ccc(C(=O)N=c2sc3cc4c(cc3n2C)OCO4)cc1. The number of amides is 1. The molecule has 1 saturated carbocycles. The maximum Gasteiger partial charge on any atom is 0.279 e. The molecule has 0 radical (unpaired) electrons. The number of carbonyl (C=O) groups is 1. The second-order valence-corrected chi connectivity index (χ2v) is 11.0. The molecule has 10 heteroatoms. The Hall–Kier alpha value is -2.69. The Morgan fingerprint density at radius 3 is 2.47 bits per heavy atom. The van der Waals surface area contributed by atoms with Crippen molar-refractivity contribution >= 4 is 37.5 Å². The van der Waals surface area contributed by atoms with Gasteiger partial charge in [-0.15, -0.1) is 0 Å². The lowest BCUT2D eigenvalue weighted by atomic mass is 10.2. The Bertz CT molecular complexity index is 1370. The number of hydrogen-bond donors (Lipinski definition) is 0. The average molecular weight is 474 g/mol. The van der Waals surface area contributed by atoms with Crippen molar-refractivity contribution in [2.24, 2.45) is 12.0 Å². The highest BCUT2D eigenvalue weighted by Crippen LogP contribution is 2.36. The molecule has 8 nitrogen and oxygen atoms in total. The van der Waals surface area contributed by atoms with Gasteiger partial charge >= 0.3 is 0 Å². The van der Waals surface area contributed by atoms with Crippen LogP contribution in [0.15, 0.2) is 46.3 Å². The van der Waals surface area contributed by atoms with Crippen molar-refractivity contribution < 1.29 is 22.7 Å². The van der Waals surface area contributed by atoms with Gasteiger partial charge in [-0.25, -0.2) is 8.42 Å². The third-order valence-electron chi connectivity index (χ3n) is 6.12. The van der Waals surface area contributed by atoms with Crippen molar-refractivity contribution in [1.29, 1.82) is 0 Å². The predicted octanol–water partition coefficient (Wildman–Crippen LogP) is 3.27. The summed E-state index contributed by atoms with van der Waals surface area (Å²) in [6, 6.07) is 9.79. The number of sulfonamides is 1. The molecule has 1 fully saturated rings. The van der Waals surface area contributed by atoms with Crippen LogP contribution in [0.3, 0.4) is 0 Å². The number of nitrogens with zero attached hydrogens (tertiary/aromatic N) is 3. The van der Waals surface area contributed by atoms with Crippen molar-refractivity contribution in [2.75, 3.05) is 13.8 Å². The van der Waals surface area contributed by atoms with E-state index >= 15 is 0 Å². The second-order valence-electron chi connectivity index (χ2n) is 8.02. The first-order chi connectivity index (χ1) is 15.3. The first kappa shape index (κ1) is 21.2. The molecule has 0 unspecified atom stereocenters. The molecule has 2 heterocycles. The monoisotopic (exact) mass is 473 g/mol. The third-order valence-corrected chi connectivity index (χ3v) is 9.14. The Kier molecular flexibility index (Phi) is 5.31. The van der Waals surface area contributed by atoms with Crippen molar-refractivity contribution in [3.8, 4) is 11.5 Å². The predicted molar refractivity (Wildman–Crippen MR) is 120 cm³/mol. The zero-order valence-electron chi connectivity index (χ0n) is 17.8. The van der Waals surface area contributed by atoms with Gasteiger partial charge in [-0.1, -0.05) is 24.2 Å². The van der Waals surface area contributed by atoms with E-state index in [1.165, 1.54) is 39.9 Å². The second kappa shape index (κ2) is 8.02. The smallest absolute Gasteiger partial charge is 0.279 e. The highest BCUT2D eigenvalue weighted by Gasteiger charge is 2.30. The van der Waals surface area contributed by atoms with E-state index < -0.39 is 15.9 Å². The minimum atomic E-state index is -3.59. The van der Waals surface area contributed by atoms with E-state index in [1.807, 2.05) is 23.7 Å². The number of ether oxygens (including phenoxy) is 2. The van der Waals surface area contributed by atoms with E-state index in [-0.39, 0.29) is 17.7 Å². The van der Waals surface area contributed by atoms with Crippen LogP contribution in [-0.4, -0.2) is 43.1 Å². The molecular formula is C22H23N3O5S2. The van der Waals surface area contributed by atoms with Gasteiger partial charge in [0, 0.05) is 37.8 Å². The summed E-state index contributed by atoms with van der Waals surface area (Å²) < 4.78 is 40.9. The lowest BCUT2D eigenvalue weighted by Gasteiger charge is -2.23. The van der Waals surface area contributed by atoms with Gasteiger partial charge in [0.25, 0.3) is 5.91 Å². The van der Waals surface area contributed by atoms with E-state index in [2.05, 4.69) is 4.99 Å². The fraction of sp³-hybridized carbons (Fsp3) is 0.364. The van der Waals surface area contributed by atoms with Crippen LogP contribution in [-0.2, 0) is 17.1 Å². The Morgan fingerprint density at radius 2 is 1.78 bits per heavy atom. The molecule has 0 N–H and O–H groups in total. The number of benzene rings is 2. The van der Waals surface area contributed by atoms with E-state index in [0.717, 1.165) is 35.9 Å². The fourth-order valence-corrected chi connectivity index (χ4v) is 6.62. The maximum atomic E-state index is 12.9. The molecule has 0 saturated heterocycles. The number of rotatable bonds is 4. The number of hydrogen-bond acceptors (Lipinski definition) is 6. The van der Waals surface area contributed by atoms with Gasteiger partial charge in [0.05, 0.1) is 15.1 Å². The summed E-state index contributed by atoms with van der Waals surface area (Å²) in [6.45, 7) is 0.203. The Morgan fingerprint density at radius 1 is 1.12 bits per heavy atom. The van der Waals surface area contributed by atoms with Crippen LogP contribution >= 0.6 is 11.3 Å². The van der Waals surface area contributed by atoms with Crippen molar-refractivity contribution in [2.45, 2.75) is 36.6 Å². The van der Waals surface area contributed by atoms with E-state index in [4.69, 9.17) is 9.47 Å². The van der Waals surface area contributed by atoms with Gasteiger partial charge in [-0.05, 0) is 37.1 Å². The number of aromatic nitrogens is 1. The molecule has 32 heavy (non-hydrogen) atoms. The van der Waals surface area contributed by atoms with Gasteiger partial charge in [0.2, 0.25) is 16.8 Å². The Labute approximate surface area is 189 Å². The zero-order valence-corrected chi connectivity index (χ0v) is 19.4. The molecule has 0 atom stereocenters. The van der Waals surface area contributed by atoms with Gasteiger partial charge in [-0.3, -0.25) is 4.79 Å². The van der Waals surface area contributed by atoms with Gasteiger partial charge in [-0.2, -0.15) is 9.30 Å². The fourth-order valence-electron chi connectivity index (χ4n) is 4.18. The summed E-state index contributed by atoms with van der Waals surface area (Å²) in [5, 5.41) is 0. The first-order valence-electron chi connectivity index (χ1n) is 10.4. The average Bonchev–Trinajstić information content (AvgIpc) is 3.53. The standard InChI is InChI=1S/C22H23N3O5S2/c1-24-17-11-18-19(30-13-29-18)12-20(17)31-22(24)23-21(26)14-7-9-16(10-8-14)32(27,28)25(2)15-5-3-4-6-15/h7-12,15H,3-6,13H2,1-2H3. The van der Waals surface area contributed by atoms with Crippen molar-refractivity contribution in [1.82, 2.24) is 8.87 Å². The van der Waals surface area contributed by atoms with Crippen LogP contribution in [0.2, 0.25) is 0 Å². The lowest BCUT2D eigenvalue weighted by molar-refractivity contribution is 0.0998. The summed E-state index contributed by atoms with van der Waals surface area (Å²) in [4.78, 5) is 17.7. The topological polar surface area (TPSA) is 90.2 Å². The van der Waals surface area contributed by atoms with Crippen LogP contribution in [0, 0.1) is 0 Å². The molecular weight excluding hydrogens is 450 g/mol. The minimum Gasteiger partial charge on any atom is -0.454 e. The third kappa shape index (κ3) is 3.62.